The fourth-order valence-electron chi connectivity index (χ4n) is 0.852. The van der Waals surface area contributed by atoms with Gasteiger partial charge in [0.05, 0.1) is 0 Å². The van der Waals surface area contributed by atoms with E-state index < -0.39 is 0 Å². The smallest absolute Gasteiger partial charge is 0.202 e. The number of rotatable bonds is 1. The fourth-order valence-corrected chi connectivity index (χ4v) is 0.852. The van der Waals surface area contributed by atoms with Crippen LogP contribution in [0.25, 0.3) is 0 Å². The Morgan fingerprint density at radius 3 is 2.60 bits per heavy atom. The Balaban J connectivity index is 2.89. The highest BCUT2D eigenvalue weighted by Crippen LogP contribution is 1.97. The lowest BCUT2D eigenvalue weighted by atomic mass is 10.2. The van der Waals surface area contributed by atoms with Crippen LogP contribution >= 0.6 is 0 Å². The molecule has 0 radical (unpaired) electrons. The monoisotopic (exact) mass is 134 g/mol. The summed E-state index contributed by atoms with van der Waals surface area (Å²) in [6.45, 7) is 3.67. The van der Waals surface area contributed by atoms with E-state index in [-0.39, 0.29) is 0 Å². The van der Waals surface area contributed by atoms with E-state index in [0.29, 0.717) is 0 Å². The molecule has 0 aromatic heterocycles. The lowest BCUT2D eigenvalue weighted by molar-refractivity contribution is -0.419. The molecule has 0 aromatic rings. The molecule has 0 heterocycles. The van der Waals surface area contributed by atoms with Crippen LogP contribution in [0.3, 0.4) is 0 Å². The van der Waals surface area contributed by atoms with E-state index in [0.717, 1.165) is 6.42 Å². The quantitative estimate of drug-likeness (QED) is 0.480. The molecular formula is C9H12N+. The minimum absolute atomic E-state index is 1.05. The van der Waals surface area contributed by atoms with E-state index in [1.807, 2.05) is 11.6 Å². The van der Waals surface area contributed by atoms with Crippen molar-refractivity contribution in [3.8, 4) is 0 Å². The van der Waals surface area contributed by atoms with E-state index >= 15 is 0 Å². The summed E-state index contributed by atoms with van der Waals surface area (Å²) in [4.78, 5) is 0. The summed E-state index contributed by atoms with van der Waals surface area (Å²) in [5.41, 5.74) is 1.20. The first-order chi connectivity index (χ1) is 4.84. The average molecular weight is 134 g/mol. The van der Waals surface area contributed by atoms with Gasteiger partial charge in [0.1, 0.15) is 7.05 Å². The van der Waals surface area contributed by atoms with Gasteiger partial charge in [-0.05, 0) is 13.0 Å². The van der Waals surface area contributed by atoms with E-state index in [2.05, 4.69) is 30.9 Å². The minimum Gasteiger partial charge on any atom is -0.202 e. The van der Waals surface area contributed by atoms with Gasteiger partial charge in [-0.1, -0.05) is 12.2 Å². The molecule has 10 heavy (non-hydrogen) atoms. The first-order valence-electron chi connectivity index (χ1n) is 3.40. The average Bonchev–Trinajstić information content (AvgIpc) is 2.05. The van der Waals surface area contributed by atoms with Crippen LogP contribution < -0.4 is 0 Å². The van der Waals surface area contributed by atoms with E-state index in [1.54, 1.807) is 6.20 Å². The molecule has 1 heteroatoms. The standard InChI is InChI=1S/C9H12N/c1-3-10(2)9-7-5-4-6-8-9/h3,5-8H,1,4H2,2H3/q+1. The maximum atomic E-state index is 3.67. The molecule has 1 nitrogen and oxygen atoms in total. The minimum atomic E-state index is 1.05. The third kappa shape index (κ3) is 1.44. The number of nitrogens with zero attached hydrogens (tertiary/aromatic N) is 1. The molecule has 1 rings (SSSR count). The molecule has 0 atom stereocenters. The van der Waals surface area contributed by atoms with Gasteiger partial charge >= 0.3 is 0 Å². The predicted molar refractivity (Wildman–Crippen MR) is 44.3 cm³/mol. The molecule has 0 unspecified atom stereocenters. The first-order valence-corrected chi connectivity index (χ1v) is 3.40. The SMILES string of the molecule is C=C[N+](C)=C1C=CCC=C1. The van der Waals surface area contributed by atoms with Gasteiger partial charge in [-0.15, -0.1) is 0 Å². The van der Waals surface area contributed by atoms with Crippen molar-refractivity contribution in [3.63, 3.8) is 0 Å². The Morgan fingerprint density at radius 2 is 2.10 bits per heavy atom. The zero-order valence-electron chi connectivity index (χ0n) is 6.25. The molecule has 1 aliphatic rings. The van der Waals surface area contributed by atoms with Crippen LogP contribution in [0.15, 0.2) is 37.1 Å². The molecule has 0 bridgehead atoms. The number of allylic oxidation sites excluding steroid dienone is 4. The van der Waals surface area contributed by atoms with Crippen LogP contribution in [0.2, 0.25) is 0 Å². The van der Waals surface area contributed by atoms with E-state index in [1.165, 1.54) is 5.71 Å². The van der Waals surface area contributed by atoms with Crippen molar-refractivity contribution in [1.29, 1.82) is 0 Å². The Bertz CT molecular complexity index is 205. The Hall–Kier alpha value is -1.11. The van der Waals surface area contributed by atoms with Gasteiger partial charge in [0, 0.05) is 12.2 Å². The van der Waals surface area contributed by atoms with Gasteiger partial charge in [0.25, 0.3) is 0 Å². The second-order valence-electron chi connectivity index (χ2n) is 2.26. The molecule has 0 amide bonds. The van der Waals surface area contributed by atoms with Crippen molar-refractivity contribution in [3.05, 3.63) is 37.1 Å². The lowest BCUT2D eigenvalue weighted by Gasteiger charge is -1.95. The third-order valence-corrected chi connectivity index (χ3v) is 1.53. The second-order valence-corrected chi connectivity index (χ2v) is 2.26. The first kappa shape index (κ1) is 7.00. The highest BCUT2D eigenvalue weighted by atomic mass is 14.9. The van der Waals surface area contributed by atoms with Gasteiger partial charge in [-0.2, -0.15) is 0 Å². The topological polar surface area (TPSA) is 3.01 Å². The second kappa shape index (κ2) is 3.16. The van der Waals surface area contributed by atoms with Gasteiger partial charge in [0.15, 0.2) is 6.20 Å². The van der Waals surface area contributed by atoms with E-state index in [9.17, 15) is 0 Å². The molecule has 0 saturated heterocycles. The van der Waals surface area contributed by atoms with Crippen LogP contribution in [-0.2, 0) is 0 Å². The van der Waals surface area contributed by atoms with Crippen molar-refractivity contribution in [1.82, 2.24) is 0 Å². The van der Waals surface area contributed by atoms with Gasteiger partial charge in [-0.25, -0.2) is 4.58 Å². The van der Waals surface area contributed by atoms with Crippen molar-refractivity contribution < 1.29 is 4.58 Å². The molecule has 0 fully saturated rings. The highest BCUT2D eigenvalue weighted by Gasteiger charge is 2.00. The van der Waals surface area contributed by atoms with Crippen molar-refractivity contribution in [2.45, 2.75) is 6.42 Å². The van der Waals surface area contributed by atoms with Crippen LogP contribution in [0.1, 0.15) is 6.42 Å². The fraction of sp³-hybridized carbons (Fsp3) is 0.222. The highest BCUT2D eigenvalue weighted by molar-refractivity contribution is 6.01. The third-order valence-electron chi connectivity index (χ3n) is 1.53. The van der Waals surface area contributed by atoms with Crippen molar-refractivity contribution >= 4 is 5.71 Å². The molecule has 52 valence electrons. The van der Waals surface area contributed by atoms with E-state index in [4.69, 9.17) is 0 Å². The number of hydrogen-bond acceptors (Lipinski definition) is 0. The molecule has 0 aromatic carbocycles. The van der Waals surface area contributed by atoms with Crippen molar-refractivity contribution in [2.24, 2.45) is 0 Å². The summed E-state index contributed by atoms with van der Waals surface area (Å²) in [5.74, 6) is 0. The maximum absolute atomic E-state index is 3.67. The summed E-state index contributed by atoms with van der Waals surface area (Å²) in [6, 6.07) is 0. The Kier molecular flexibility index (Phi) is 2.21. The summed E-state index contributed by atoms with van der Waals surface area (Å²) in [6.07, 6.45) is 11.3. The van der Waals surface area contributed by atoms with Crippen molar-refractivity contribution in [2.75, 3.05) is 7.05 Å². The normalized spacial score (nSPS) is 15.5. The molecular weight excluding hydrogens is 122 g/mol. The summed E-state index contributed by atoms with van der Waals surface area (Å²) >= 11 is 0. The summed E-state index contributed by atoms with van der Waals surface area (Å²) in [5, 5.41) is 0. The molecule has 0 N–H and O–H groups in total. The molecule has 1 aliphatic carbocycles. The summed E-state index contributed by atoms with van der Waals surface area (Å²) < 4.78 is 1.99. The molecule has 0 saturated carbocycles. The Morgan fingerprint density at radius 1 is 1.50 bits per heavy atom. The predicted octanol–water partition coefficient (Wildman–Crippen LogP) is 1.73. The largest absolute Gasteiger partial charge is 0.204 e. The van der Waals surface area contributed by atoms with Gasteiger partial charge in [-0.3, -0.25) is 0 Å². The molecule has 0 spiro atoms. The van der Waals surface area contributed by atoms with Crippen LogP contribution in [0.4, 0.5) is 0 Å². The Labute approximate surface area is 61.7 Å². The maximum Gasteiger partial charge on any atom is 0.204 e. The zero-order valence-corrected chi connectivity index (χ0v) is 6.25. The van der Waals surface area contributed by atoms with Gasteiger partial charge < -0.3 is 0 Å². The van der Waals surface area contributed by atoms with Crippen LogP contribution in [0.5, 0.6) is 0 Å². The molecule has 0 aliphatic heterocycles. The lowest BCUT2D eigenvalue weighted by Crippen LogP contribution is -2.07. The van der Waals surface area contributed by atoms with Crippen LogP contribution in [-0.4, -0.2) is 17.3 Å². The number of hydrogen-bond donors (Lipinski definition) is 0. The summed E-state index contributed by atoms with van der Waals surface area (Å²) in [7, 11) is 1.99. The van der Waals surface area contributed by atoms with Gasteiger partial charge in [0.2, 0.25) is 5.71 Å². The zero-order chi connectivity index (χ0) is 7.40. The van der Waals surface area contributed by atoms with Crippen LogP contribution in [0, 0.1) is 0 Å².